The highest BCUT2D eigenvalue weighted by Crippen LogP contribution is 2.26. The number of thiazole rings is 1. The van der Waals surface area contributed by atoms with Crippen LogP contribution in [0.3, 0.4) is 0 Å². The predicted octanol–water partition coefficient (Wildman–Crippen LogP) is 3.26. The van der Waals surface area contributed by atoms with Gasteiger partial charge in [-0.15, -0.1) is 11.3 Å². The molecule has 1 aromatic heterocycles. The second-order valence-electron chi connectivity index (χ2n) is 5.94. The molecule has 0 spiro atoms. The maximum Gasteiger partial charge on any atom is 0.0981 e. The third-order valence-electron chi connectivity index (χ3n) is 3.02. The van der Waals surface area contributed by atoms with Gasteiger partial charge in [0.1, 0.15) is 0 Å². The summed E-state index contributed by atoms with van der Waals surface area (Å²) < 4.78 is 0. The van der Waals surface area contributed by atoms with E-state index in [-0.39, 0.29) is 5.41 Å². The standard InChI is InChI=1S/C16H22N2OS/c1-16(2,3)15-18-10-13(20-15)9-17-11-14(19)12-7-5-4-6-8-12/h4-8,10,14,17,19H,9,11H2,1-3H3. The van der Waals surface area contributed by atoms with Crippen molar-refractivity contribution in [2.24, 2.45) is 0 Å². The lowest BCUT2D eigenvalue weighted by molar-refractivity contribution is 0.174. The number of hydrogen-bond acceptors (Lipinski definition) is 4. The number of hydrogen-bond donors (Lipinski definition) is 2. The van der Waals surface area contributed by atoms with Crippen molar-refractivity contribution in [3.05, 3.63) is 52.0 Å². The molecule has 3 nitrogen and oxygen atoms in total. The zero-order valence-electron chi connectivity index (χ0n) is 12.3. The van der Waals surface area contributed by atoms with Crippen molar-refractivity contribution in [2.45, 2.75) is 38.8 Å². The van der Waals surface area contributed by atoms with Crippen molar-refractivity contribution in [2.75, 3.05) is 6.54 Å². The molecule has 0 aliphatic heterocycles. The largest absolute Gasteiger partial charge is 0.387 e. The van der Waals surface area contributed by atoms with Crippen LogP contribution >= 0.6 is 11.3 Å². The highest BCUT2D eigenvalue weighted by molar-refractivity contribution is 7.11. The molecule has 2 N–H and O–H groups in total. The summed E-state index contributed by atoms with van der Waals surface area (Å²) in [4.78, 5) is 5.66. The van der Waals surface area contributed by atoms with Crippen LogP contribution in [0.5, 0.6) is 0 Å². The predicted molar refractivity (Wildman–Crippen MR) is 83.9 cm³/mol. The van der Waals surface area contributed by atoms with Gasteiger partial charge >= 0.3 is 0 Å². The minimum atomic E-state index is -0.466. The topological polar surface area (TPSA) is 45.2 Å². The third kappa shape index (κ3) is 4.13. The van der Waals surface area contributed by atoms with Gasteiger partial charge < -0.3 is 10.4 Å². The molecular formula is C16H22N2OS. The Morgan fingerprint density at radius 1 is 1.25 bits per heavy atom. The summed E-state index contributed by atoms with van der Waals surface area (Å²) in [5, 5.41) is 14.5. The molecule has 0 aliphatic rings. The lowest BCUT2D eigenvalue weighted by Gasteiger charge is -2.13. The molecule has 0 fully saturated rings. The molecule has 1 unspecified atom stereocenters. The molecule has 20 heavy (non-hydrogen) atoms. The minimum absolute atomic E-state index is 0.104. The first kappa shape index (κ1) is 15.2. The molecule has 2 rings (SSSR count). The number of aliphatic hydroxyl groups is 1. The number of benzene rings is 1. The molecule has 108 valence electrons. The highest BCUT2D eigenvalue weighted by Gasteiger charge is 2.17. The van der Waals surface area contributed by atoms with Crippen molar-refractivity contribution < 1.29 is 5.11 Å². The van der Waals surface area contributed by atoms with Gasteiger partial charge in [0.2, 0.25) is 0 Å². The first-order valence-electron chi connectivity index (χ1n) is 6.86. The van der Waals surface area contributed by atoms with E-state index in [0.29, 0.717) is 6.54 Å². The normalized spacial score (nSPS) is 13.4. The van der Waals surface area contributed by atoms with Gasteiger partial charge in [0.05, 0.1) is 11.1 Å². The molecule has 0 radical (unpaired) electrons. The molecule has 1 aromatic carbocycles. The fourth-order valence-corrected chi connectivity index (χ4v) is 2.80. The fourth-order valence-electron chi connectivity index (χ4n) is 1.86. The van der Waals surface area contributed by atoms with E-state index >= 15 is 0 Å². The SMILES string of the molecule is CC(C)(C)c1ncc(CNCC(O)c2ccccc2)s1. The quantitative estimate of drug-likeness (QED) is 0.888. The van der Waals surface area contributed by atoms with E-state index in [2.05, 4.69) is 31.1 Å². The Balaban J connectivity index is 1.83. The van der Waals surface area contributed by atoms with Gasteiger partial charge in [-0.2, -0.15) is 0 Å². The van der Waals surface area contributed by atoms with E-state index in [9.17, 15) is 5.11 Å². The van der Waals surface area contributed by atoms with Gasteiger partial charge in [-0.1, -0.05) is 51.1 Å². The van der Waals surface area contributed by atoms with E-state index in [1.54, 1.807) is 11.3 Å². The average Bonchev–Trinajstić information content (AvgIpc) is 2.88. The third-order valence-corrected chi connectivity index (χ3v) is 4.44. The van der Waals surface area contributed by atoms with Crippen LogP contribution in [0.2, 0.25) is 0 Å². The second kappa shape index (κ2) is 6.48. The van der Waals surface area contributed by atoms with Crippen LogP contribution < -0.4 is 5.32 Å². The van der Waals surface area contributed by atoms with Gasteiger partial charge in [-0.25, -0.2) is 4.98 Å². The fraction of sp³-hybridized carbons (Fsp3) is 0.438. The van der Waals surface area contributed by atoms with E-state index in [1.165, 1.54) is 4.88 Å². The summed E-state index contributed by atoms with van der Waals surface area (Å²) in [7, 11) is 0. The highest BCUT2D eigenvalue weighted by atomic mass is 32.1. The van der Waals surface area contributed by atoms with Gasteiger partial charge in [0.15, 0.2) is 0 Å². The van der Waals surface area contributed by atoms with Crippen molar-refractivity contribution in [3.8, 4) is 0 Å². The monoisotopic (exact) mass is 290 g/mol. The Bertz CT molecular complexity index is 531. The van der Waals surface area contributed by atoms with E-state index < -0.39 is 6.10 Å². The van der Waals surface area contributed by atoms with Crippen LogP contribution in [0.15, 0.2) is 36.5 Å². The maximum absolute atomic E-state index is 10.1. The van der Waals surface area contributed by atoms with Gasteiger partial charge in [-0.3, -0.25) is 0 Å². The molecule has 0 aliphatic carbocycles. The first-order valence-corrected chi connectivity index (χ1v) is 7.67. The van der Waals surface area contributed by atoms with Crippen LogP contribution in [0.25, 0.3) is 0 Å². The number of nitrogens with zero attached hydrogens (tertiary/aromatic N) is 1. The second-order valence-corrected chi connectivity index (χ2v) is 7.05. The number of nitrogens with one attached hydrogen (secondary N) is 1. The summed E-state index contributed by atoms with van der Waals surface area (Å²) >= 11 is 1.73. The molecule has 1 atom stereocenters. The van der Waals surface area contributed by atoms with Crippen LogP contribution in [0, 0.1) is 0 Å². The zero-order valence-corrected chi connectivity index (χ0v) is 13.1. The van der Waals surface area contributed by atoms with Crippen molar-refractivity contribution >= 4 is 11.3 Å². The molecule has 0 saturated carbocycles. The van der Waals surface area contributed by atoms with Crippen LogP contribution in [-0.2, 0) is 12.0 Å². The molecule has 1 heterocycles. The summed E-state index contributed by atoms with van der Waals surface area (Å²) in [5.74, 6) is 0. The molecule has 4 heteroatoms. The van der Waals surface area contributed by atoms with Crippen molar-refractivity contribution in [1.29, 1.82) is 0 Å². The Morgan fingerprint density at radius 3 is 2.55 bits per heavy atom. The van der Waals surface area contributed by atoms with Crippen molar-refractivity contribution in [1.82, 2.24) is 10.3 Å². The Morgan fingerprint density at radius 2 is 1.95 bits per heavy atom. The Labute approximate surface area is 124 Å². The lowest BCUT2D eigenvalue weighted by Crippen LogP contribution is -2.20. The molecular weight excluding hydrogens is 268 g/mol. The summed E-state index contributed by atoms with van der Waals surface area (Å²) in [5.41, 5.74) is 1.05. The summed E-state index contributed by atoms with van der Waals surface area (Å²) in [6.45, 7) is 7.80. The van der Waals surface area contributed by atoms with Crippen LogP contribution in [-0.4, -0.2) is 16.6 Å². The van der Waals surface area contributed by atoms with Gasteiger partial charge in [-0.05, 0) is 5.56 Å². The summed E-state index contributed by atoms with van der Waals surface area (Å²) in [6.07, 6.45) is 1.46. The molecule has 2 aromatic rings. The first-order chi connectivity index (χ1) is 9.47. The molecule has 0 bridgehead atoms. The lowest BCUT2D eigenvalue weighted by atomic mass is 9.98. The van der Waals surface area contributed by atoms with Crippen LogP contribution in [0.1, 0.15) is 42.3 Å². The van der Waals surface area contributed by atoms with E-state index in [0.717, 1.165) is 17.1 Å². The van der Waals surface area contributed by atoms with E-state index in [4.69, 9.17) is 0 Å². The number of aliphatic hydroxyl groups excluding tert-OH is 1. The maximum atomic E-state index is 10.1. The van der Waals surface area contributed by atoms with Crippen molar-refractivity contribution in [3.63, 3.8) is 0 Å². The van der Waals surface area contributed by atoms with Gasteiger partial charge in [0.25, 0.3) is 0 Å². The van der Waals surface area contributed by atoms with E-state index in [1.807, 2.05) is 36.5 Å². The zero-order chi connectivity index (χ0) is 14.6. The minimum Gasteiger partial charge on any atom is -0.387 e. The smallest absolute Gasteiger partial charge is 0.0981 e. The van der Waals surface area contributed by atoms with Gasteiger partial charge in [0, 0.05) is 29.6 Å². The Kier molecular flexibility index (Phi) is 4.91. The molecule has 0 saturated heterocycles. The average molecular weight is 290 g/mol. The molecule has 0 amide bonds. The van der Waals surface area contributed by atoms with Crippen LogP contribution in [0.4, 0.5) is 0 Å². The number of rotatable bonds is 5. The number of aromatic nitrogens is 1. The Hall–Kier alpha value is -1.23. The summed E-state index contributed by atoms with van der Waals surface area (Å²) in [6, 6.07) is 9.72.